The van der Waals surface area contributed by atoms with E-state index >= 15 is 0 Å². The third kappa shape index (κ3) is 3.20. The molecule has 4 aromatic rings. The van der Waals surface area contributed by atoms with Crippen LogP contribution in [0.15, 0.2) is 64.2 Å². The molecule has 2 heterocycles. The van der Waals surface area contributed by atoms with Gasteiger partial charge in [0.25, 0.3) is 0 Å². The van der Waals surface area contributed by atoms with Crippen molar-refractivity contribution in [1.29, 1.82) is 0 Å². The maximum atomic E-state index is 12.3. The van der Waals surface area contributed by atoms with E-state index in [4.69, 9.17) is 4.42 Å². The van der Waals surface area contributed by atoms with Crippen molar-refractivity contribution in [1.82, 2.24) is 14.9 Å². The fraction of sp³-hybridized carbons (Fsp3) is 0.200. The standard InChI is InChI=1S/C20H19N3O2S/c1-13(18-11-14-7-3-6-10-17(14)25-18)21-19(24)12-26-20-22-15-8-4-5-9-16(15)23(20)2/h3-11,13H,12H2,1-2H3,(H,21,24)/t13-/m0/s1. The Morgan fingerprint density at radius 2 is 2.00 bits per heavy atom. The summed E-state index contributed by atoms with van der Waals surface area (Å²) in [6.45, 7) is 1.93. The van der Waals surface area contributed by atoms with E-state index in [9.17, 15) is 4.79 Å². The summed E-state index contributed by atoms with van der Waals surface area (Å²) in [7, 11) is 1.96. The number of imidazole rings is 1. The Kier molecular flexibility index (Phi) is 4.42. The lowest BCUT2D eigenvalue weighted by molar-refractivity contribution is -0.119. The van der Waals surface area contributed by atoms with Gasteiger partial charge in [-0.05, 0) is 31.2 Å². The smallest absolute Gasteiger partial charge is 0.231 e. The lowest BCUT2D eigenvalue weighted by atomic mass is 10.2. The van der Waals surface area contributed by atoms with Crippen LogP contribution in [0.25, 0.3) is 22.0 Å². The van der Waals surface area contributed by atoms with E-state index in [1.807, 2.05) is 73.1 Å². The van der Waals surface area contributed by atoms with Gasteiger partial charge in [0.15, 0.2) is 5.16 Å². The van der Waals surface area contributed by atoms with Gasteiger partial charge in [-0.25, -0.2) is 4.98 Å². The zero-order valence-corrected chi connectivity index (χ0v) is 15.4. The Morgan fingerprint density at radius 3 is 2.81 bits per heavy atom. The maximum absolute atomic E-state index is 12.3. The van der Waals surface area contributed by atoms with Crippen molar-refractivity contribution < 1.29 is 9.21 Å². The van der Waals surface area contributed by atoms with Crippen LogP contribution in [0.2, 0.25) is 0 Å². The van der Waals surface area contributed by atoms with Crippen LogP contribution in [0, 0.1) is 0 Å². The van der Waals surface area contributed by atoms with E-state index < -0.39 is 0 Å². The quantitative estimate of drug-likeness (QED) is 0.536. The van der Waals surface area contributed by atoms with Crippen molar-refractivity contribution in [3.63, 3.8) is 0 Å². The molecule has 0 bridgehead atoms. The zero-order chi connectivity index (χ0) is 18.1. The summed E-state index contributed by atoms with van der Waals surface area (Å²) < 4.78 is 7.82. The van der Waals surface area contributed by atoms with Crippen molar-refractivity contribution in [2.24, 2.45) is 7.05 Å². The Balaban J connectivity index is 1.40. The molecular formula is C20H19N3O2S. The van der Waals surface area contributed by atoms with Crippen LogP contribution >= 0.6 is 11.8 Å². The third-order valence-corrected chi connectivity index (χ3v) is 5.36. The average Bonchev–Trinajstić information content (AvgIpc) is 3.22. The maximum Gasteiger partial charge on any atom is 0.231 e. The molecule has 1 amide bonds. The molecule has 0 fully saturated rings. The molecule has 0 unspecified atom stereocenters. The number of aryl methyl sites for hydroxylation is 1. The molecule has 1 atom stereocenters. The van der Waals surface area contributed by atoms with Crippen LogP contribution in [-0.2, 0) is 11.8 Å². The van der Waals surface area contributed by atoms with E-state index in [2.05, 4.69) is 10.3 Å². The number of furan rings is 1. The van der Waals surface area contributed by atoms with Gasteiger partial charge in [0.2, 0.25) is 5.91 Å². The molecule has 6 heteroatoms. The predicted molar refractivity (Wildman–Crippen MR) is 104 cm³/mol. The molecule has 0 radical (unpaired) electrons. The lowest BCUT2D eigenvalue weighted by Crippen LogP contribution is -2.28. The Hall–Kier alpha value is -2.73. The van der Waals surface area contributed by atoms with Gasteiger partial charge in [0.1, 0.15) is 11.3 Å². The van der Waals surface area contributed by atoms with Gasteiger partial charge < -0.3 is 14.3 Å². The van der Waals surface area contributed by atoms with Gasteiger partial charge in [0.05, 0.1) is 22.8 Å². The van der Waals surface area contributed by atoms with Gasteiger partial charge in [-0.1, -0.05) is 42.1 Å². The Bertz CT molecular complexity index is 1050. The number of nitrogens with one attached hydrogen (secondary N) is 1. The van der Waals surface area contributed by atoms with Crippen LogP contribution in [0.4, 0.5) is 0 Å². The fourth-order valence-corrected chi connectivity index (χ4v) is 3.75. The molecule has 5 nitrogen and oxygen atoms in total. The topological polar surface area (TPSA) is 60.1 Å². The van der Waals surface area contributed by atoms with Crippen LogP contribution in [0.1, 0.15) is 18.7 Å². The Labute approximate surface area is 155 Å². The molecule has 0 aliphatic heterocycles. The number of aromatic nitrogens is 2. The number of rotatable bonds is 5. The normalized spacial score (nSPS) is 12.5. The van der Waals surface area contributed by atoms with Crippen molar-refractivity contribution >= 4 is 39.7 Å². The van der Waals surface area contributed by atoms with Crippen LogP contribution in [0.5, 0.6) is 0 Å². The first kappa shape index (κ1) is 16.7. The molecule has 0 aliphatic rings. The molecule has 0 saturated heterocycles. The highest BCUT2D eigenvalue weighted by Gasteiger charge is 2.15. The van der Waals surface area contributed by atoms with E-state index in [0.717, 1.165) is 32.9 Å². The van der Waals surface area contributed by atoms with E-state index in [-0.39, 0.29) is 11.9 Å². The molecule has 0 saturated carbocycles. The number of hydrogen-bond donors (Lipinski definition) is 1. The number of carbonyl (C=O) groups is 1. The number of thioether (sulfide) groups is 1. The molecular weight excluding hydrogens is 346 g/mol. The monoisotopic (exact) mass is 365 g/mol. The summed E-state index contributed by atoms with van der Waals surface area (Å²) in [6, 6.07) is 17.6. The molecule has 1 N–H and O–H groups in total. The number of amides is 1. The second-order valence-corrected chi connectivity index (χ2v) is 7.15. The summed E-state index contributed by atoms with van der Waals surface area (Å²) >= 11 is 1.43. The molecule has 4 rings (SSSR count). The van der Waals surface area contributed by atoms with Gasteiger partial charge in [-0.3, -0.25) is 4.79 Å². The summed E-state index contributed by atoms with van der Waals surface area (Å²) in [5.74, 6) is 1.02. The second-order valence-electron chi connectivity index (χ2n) is 6.21. The van der Waals surface area contributed by atoms with Crippen LogP contribution in [0.3, 0.4) is 0 Å². The number of nitrogens with zero attached hydrogens (tertiary/aromatic N) is 2. The number of carbonyl (C=O) groups excluding carboxylic acids is 1. The third-order valence-electron chi connectivity index (χ3n) is 4.33. The molecule has 2 aromatic heterocycles. The summed E-state index contributed by atoms with van der Waals surface area (Å²) in [4.78, 5) is 16.9. The van der Waals surface area contributed by atoms with Gasteiger partial charge in [-0.15, -0.1) is 0 Å². The lowest BCUT2D eigenvalue weighted by Gasteiger charge is -2.11. The zero-order valence-electron chi connectivity index (χ0n) is 14.6. The number of benzene rings is 2. The minimum Gasteiger partial charge on any atom is -0.459 e. The molecule has 2 aromatic carbocycles. The van der Waals surface area contributed by atoms with Crippen molar-refractivity contribution in [3.8, 4) is 0 Å². The van der Waals surface area contributed by atoms with Crippen molar-refractivity contribution in [2.75, 3.05) is 5.75 Å². The first-order valence-corrected chi connectivity index (χ1v) is 9.42. The van der Waals surface area contributed by atoms with Crippen molar-refractivity contribution in [2.45, 2.75) is 18.1 Å². The molecule has 132 valence electrons. The highest BCUT2D eigenvalue weighted by molar-refractivity contribution is 7.99. The molecule has 26 heavy (non-hydrogen) atoms. The summed E-state index contributed by atoms with van der Waals surface area (Å²) in [6.07, 6.45) is 0. The minimum atomic E-state index is -0.184. The van der Waals surface area contributed by atoms with Crippen LogP contribution in [-0.4, -0.2) is 21.2 Å². The SMILES string of the molecule is C[C@H](NC(=O)CSc1nc2ccccc2n1C)c1cc2ccccc2o1. The van der Waals surface area contributed by atoms with Gasteiger partial charge in [0, 0.05) is 12.4 Å². The fourth-order valence-electron chi connectivity index (χ4n) is 2.95. The predicted octanol–water partition coefficient (Wildman–Crippen LogP) is 4.29. The molecule has 0 spiro atoms. The van der Waals surface area contributed by atoms with E-state index in [0.29, 0.717) is 5.75 Å². The number of fused-ring (bicyclic) bond motifs is 2. The highest BCUT2D eigenvalue weighted by atomic mass is 32.2. The first-order chi connectivity index (χ1) is 12.6. The first-order valence-electron chi connectivity index (χ1n) is 8.44. The highest BCUT2D eigenvalue weighted by Crippen LogP contribution is 2.25. The summed E-state index contributed by atoms with van der Waals surface area (Å²) in [5.41, 5.74) is 2.83. The average molecular weight is 365 g/mol. The van der Waals surface area contributed by atoms with Crippen LogP contribution < -0.4 is 5.32 Å². The largest absolute Gasteiger partial charge is 0.459 e. The van der Waals surface area contributed by atoms with Crippen molar-refractivity contribution in [3.05, 3.63) is 60.4 Å². The van der Waals surface area contributed by atoms with Gasteiger partial charge >= 0.3 is 0 Å². The Morgan fingerprint density at radius 1 is 1.23 bits per heavy atom. The minimum absolute atomic E-state index is 0.0463. The second kappa shape index (κ2) is 6.88. The van der Waals surface area contributed by atoms with E-state index in [1.165, 1.54) is 11.8 Å². The number of hydrogen-bond acceptors (Lipinski definition) is 4. The molecule has 0 aliphatic carbocycles. The summed E-state index contributed by atoms with van der Waals surface area (Å²) in [5, 5.41) is 4.86. The number of para-hydroxylation sites is 3. The van der Waals surface area contributed by atoms with Gasteiger partial charge in [-0.2, -0.15) is 0 Å². The van der Waals surface area contributed by atoms with E-state index in [1.54, 1.807) is 0 Å².